The maximum absolute atomic E-state index is 5.52. The fourth-order valence-corrected chi connectivity index (χ4v) is 2.73. The van der Waals surface area contributed by atoms with E-state index in [1.807, 2.05) is 6.92 Å². The van der Waals surface area contributed by atoms with Crippen LogP contribution in [-0.4, -0.2) is 23.6 Å². The molecule has 1 aromatic heterocycles. The van der Waals surface area contributed by atoms with Crippen LogP contribution in [0.4, 0.5) is 0 Å². The highest BCUT2D eigenvalue weighted by molar-refractivity contribution is 5.86. The Labute approximate surface area is 107 Å². The van der Waals surface area contributed by atoms with Crippen LogP contribution in [0.5, 0.6) is 0 Å². The lowest BCUT2D eigenvalue weighted by molar-refractivity contribution is 0.320. The van der Waals surface area contributed by atoms with Gasteiger partial charge in [0.1, 0.15) is 0 Å². The van der Waals surface area contributed by atoms with E-state index in [1.165, 1.54) is 16.5 Å². The van der Waals surface area contributed by atoms with Crippen molar-refractivity contribution in [2.45, 2.75) is 19.3 Å². The van der Waals surface area contributed by atoms with Gasteiger partial charge in [-0.3, -0.25) is 4.99 Å². The fourth-order valence-electron chi connectivity index (χ4n) is 2.73. The summed E-state index contributed by atoms with van der Waals surface area (Å²) in [6, 6.07) is 8.55. The Morgan fingerprint density at radius 3 is 3.06 bits per heavy atom. The predicted octanol–water partition coefficient (Wildman–Crippen LogP) is 3.10. The molecule has 0 radical (unpaired) electrons. The molecule has 0 spiro atoms. The predicted molar refractivity (Wildman–Crippen MR) is 74.2 cm³/mol. The molecule has 1 atom stereocenters. The third-order valence-electron chi connectivity index (χ3n) is 3.59. The zero-order chi connectivity index (χ0) is 12.5. The molecule has 3 heteroatoms. The van der Waals surface area contributed by atoms with Gasteiger partial charge in [-0.1, -0.05) is 18.2 Å². The Balaban J connectivity index is 1.93. The largest absolute Gasteiger partial charge is 0.481 e. The van der Waals surface area contributed by atoms with E-state index in [1.54, 1.807) is 0 Å². The highest BCUT2D eigenvalue weighted by Crippen LogP contribution is 2.32. The van der Waals surface area contributed by atoms with Crippen molar-refractivity contribution < 1.29 is 4.74 Å². The second kappa shape index (κ2) is 4.48. The molecule has 2 heterocycles. The molecular formula is C15H18N2O. The molecule has 18 heavy (non-hydrogen) atoms. The van der Waals surface area contributed by atoms with Gasteiger partial charge in [0, 0.05) is 43.0 Å². The monoisotopic (exact) mass is 242 g/mol. The Bertz CT molecular complexity index is 598. The summed E-state index contributed by atoms with van der Waals surface area (Å²) >= 11 is 0. The smallest absolute Gasteiger partial charge is 0.183 e. The lowest BCUT2D eigenvalue weighted by Crippen LogP contribution is -2.04. The molecule has 0 bridgehead atoms. The van der Waals surface area contributed by atoms with E-state index in [0.29, 0.717) is 12.5 Å². The maximum atomic E-state index is 5.52. The van der Waals surface area contributed by atoms with Crippen LogP contribution < -0.4 is 0 Å². The standard InChI is InChI=1S/C15H18N2O/c1-3-18-15-8-11(9-16-15)13-10-17(2)14-7-5-4-6-12(13)14/h4-7,10-11H,3,8-9H2,1-2H3. The van der Waals surface area contributed by atoms with Gasteiger partial charge in [0.25, 0.3) is 0 Å². The van der Waals surface area contributed by atoms with Crippen molar-refractivity contribution in [2.24, 2.45) is 12.0 Å². The molecule has 0 aliphatic carbocycles. The molecule has 3 nitrogen and oxygen atoms in total. The highest BCUT2D eigenvalue weighted by Gasteiger charge is 2.24. The molecule has 0 N–H and O–H groups in total. The molecule has 1 unspecified atom stereocenters. The number of aliphatic imine (C=N–C) groups is 1. The summed E-state index contributed by atoms with van der Waals surface area (Å²) in [6.45, 7) is 3.57. The minimum Gasteiger partial charge on any atom is -0.481 e. The summed E-state index contributed by atoms with van der Waals surface area (Å²) in [7, 11) is 2.10. The van der Waals surface area contributed by atoms with Gasteiger partial charge in [-0.05, 0) is 18.6 Å². The number of para-hydroxylation sites is 1. The third-order valence-corrected chi connectivity index (χ3v) is 3.59. The first kappa shape index (κ1) is 11.3. The van der Waals surface area contributed by atoms with Crippen molar-refractivity contribution in [3.05, 3.63) is 36.0 Å². The Morgan fingerprint density at radius 2 is 2.22 bits per heavy atom. The zero-order valence-electron chi connectivity index (χ0n) is 10.9. The van der Waals surface area contributed by atoms with Crippen molar-refractivity contribution >= 4 is 16.8 Å². The van der Waals surface area contributed by atoms with E-state index in [9.17, 15) is 0 Å². The van der Waals surface area contributed by atoms with Crippen LogP contribution in [0.1, 0.15) is 24.8 Å². The maximum Gasteiger partial charge on any atom is 0.183 e. The van der Waals surface area contributed by atoms with Crippen LogP contribution in [0.2, 0.25) is 0 Å². The summed E-state index contributed by atoms with van der Waals surface area (Å²) in [5, 5.41) is 1.35. The quantitative estimate of drug-likeness (QED) is 0.794. The molecular weight excluding hydrogens is 224 g/mol. The first-order chi connectivity index (χ1) is 8.79. The number of benzene rings is 1. The summed E-state index contributed by atoms with van der Waals surface area (Å²) in [4.78, 5) is 4.48. The fraction of sp³-hybridized carbons (Fsp3) is 0.400. The van der Waals surface area contributed by atoms with Gasteiger partial charge in [-0.15, -0.1) is 0 Å². The van der Waals surface area contributed by atoms with Crippen LogP contribution >= 0.6 is 0 Å². The van der Waals surface area contributed by atoms with Gasteiger partial charge < -0.3 is 9.30 Å². The van der Waals surface area contributed by atoms with Gasteiger partial charge in [-0.25, -0.2) is 0 Å². The topological polar surface area (TPSA) is 26.5 Å². The highest BCUT2D eigenvalue weighted by atomic mass is 16.5. The number of aromatic nitrogens is 1. The number of hydrogen-bond acceptors (Lipinski definition) is 2. The molecule has 0 saturated heterocycles. The third kappa shape index (κ3) is 1.80. The molecule has 0 fully saturated rings. The number of fused-ring (bicyclic) bond motifs is 1. The van der Waals surface area contributed by atoms with Crippen LogP contribution in [0.3, 0.4) is 0 Å². The van der Waals surface area contributed by atoms with Gasteiger partial charge >= 0.3 is 0 Å². The van der Waals surface area contributed by atoms with Gasteiger partial charge in [0.15, 0.2) is 5.90 Å². The lowest BCUT2D eigenvalue weighted by Gasteiger charge is -2.07. The van der Waals surface area contributed by atoms with Crippen molar-refractivity contribution in [3.63, 3.8) is 0 Å². The minimum atomic E-state index is 0.470. The van der Waals surface area contributed by atoms with Crippen molar-refractivity contribution in [2.75, 3.05) is 13.2 Å². The first-order valence-corrected chi connectivity index (χ1v) is 6.49. The number of nitrogens with zero attached hydrogens (tertiary/aromatic N) is 2. The van der Waals surface area contributed by atoms with Crippen LogP contribution in [0, 0.1) is 0 Å². The summed E-state index contributed by atoms with van der Waals surface area (Å²) in [5.74, 6) is 1.38. The lowest BCUT2D eigenvalue weighted by atomic mass is 9.97. The number of aryl methyl sites for hydroxylation is 1. The number of hydrogen-bond donors (Lipinski definition) is 0. The molecule has 3 rings (SSSR count). The van der Waals surface area contributed by atoms with Gasteiger partial charge in [-0.2, -0.15) is 0 Å². The van der Waals surface area contributed by atoms with E-state index in [2.05, 4.69) is 47.1 Å². The normalized spacial score (nSPS) is 19.2. The zero-order valence-corrected chi connectivity index (χ0v) is 10.9. The molecule has 0 amide bonds. The van der Waals surface area contributed by atoms with Crippen LogP contribution in [0.25, 0.3) is 10.9 Å². The van der Waals surface area contributed by atoms with Crippen molar-refractivity contribution in [1.82, 2.24) is 4.57 Å². The Hall–Kier alpha value is -1.77. The summed E-state index contributed by atoms with van der Waals surface area (Å²) < 4.78 is 7.71. The number of rotatable bonds is 2. The molecule has 94 valence electrons. The van der Waals surface area contributed by atoms with E-state index in [-0.39, 0.29) is 0 Å². The molecule has 1 aliphatic heterocycles. The average Bonchev–Trinajstić information content (AvgIpc) is 2.96. The van der Waals surface area contributed by atoms with E-state index < -0.39 is 0 Å². The molecule has 0 saturated carbocycles. The van der Waals surface area contributed by atoms with E-state index in [4.69, 9.17) is 4.74 Å². The Kier molecular flexibility index (Phi) is 2.82. The second-order valence-corrected chi connectivity index (χ2v) is 4.78. The summed E-state index contributed by atoms with van der Waals surface area (Å²) in [6.07, 6.45) is 3.17. The van der Waals surface area contributed by atoms with Gasteiger partial charge in [0.2, 0.25) is 0 Å². The Morgan fingerprint density at radius 1 is 1.39 bits per heavy atom. The minimum absolute atomic E-state index is 0.470. The first-order valence-electron chi connectivity index (χ1n) is 6.49. The SMILES string of the molecule is CCOC1=NCC(c2cn(C)c3ccccc23)C1. The summed E-state index contributed by atoms with van der Waals surface area (Å²) in [5.41, 5.74) is 2.68. The average molecular weight is 242 g/mol. The van der Waals surface area contributed by atoms with Crippen molar-refractivity contribution in [3.8, 4) is 0 Å². The van der Waals surface area contributed by atoms with E-state index >= 15 is 0 Å². The second-order valence-electron chi connectivity index (χ2n) is 4.78. The molecule has 1 aromatic carbocycles. The van der Waals surface area contributed by atoms with Crippen molar-refractivity contribution in [1.29, 1.82) is 0 Å². The van der Waals surface area contributed by atoms with Gasteiger partial charge in [0.05, 0.1) is 6.61 Å². The number of ether oxygens (including phenoxy) is 1. The van der Waals surface area contributed by atoms with Crippen LogP contribution in [-0.2, 0) is 11.8 Å². The molecule has 1 aliphatic rings. The van der Waals surface area contributed by atoms with E-state index in [0.717, 1.165) is 18.9 Å². The molecule has 2 aromatic rings. The van der Waals surface area contributed by atoms with Crippen LogP contribution in [0.15, 0.2) is 35.5 Å².